The van der Waals surface area contributed by atoms with Crippen molar-refractivity contribution in [2.45, 2.75) is 13.0 Å². The predicted molar refractivity (Wildman–Crippen MR) is 56.1 cm³/mol. The Morgan fingerprint density at radius 3 is 3.00 bits per heavy atom. The monoisotopic (exact) mass is 194 g/mol. The molecule has 0 radical (unpaired) electrons. The minimum absolute atomic E-state index is 0.959. The Bertz CT molecular complexity index is 258. The summed E-state index contributed by atoms with van der Waals surface area (Å²) in [5.41, 5.74) is 0. The molecule has 3 nitrogen and oxygen atoms in total. The standard InChI is InChI=1S/C11H18N2O/c1-12-5-3-6-13(8-7-12)10-11-4-2-9-14-11/h2,4,9H,3,5-8,10H2,1H3. The van der Waals surface area contributed by atoms with Gasteiger partial charge in [0.25, 0.3) is 0 Å². The zero-order valence-electron chi connectivity index (χ0n) is 8.78. The Balaban J connectivity index is 1.86. The first-order valence-electron chi connectivity index (χ1n) is 5.28. The van der Waals surface area contributed by atoms with Gasteiger partial charge in [0.1, 0.15) is 5.76 Å². The van der Waals surface area contributed by atoms with Gasteiger partial charge in [0.2, 0.25) is 0 Å². The van der Waals surface area contributed by atoms with E-state index in [1.54, 1.807) is 6.26 Å². The summed E-state index contributed by atoms with van der Waals surface area (Å²) in [6, 6.07) is 4.01. The van der Waals surface area contributed by atoms with Gasteiger partial charge in [0.15, 0.2) is 0 Å². The average molecular weight is 194 g/mol. The van der Waals surface area contributed by atoms with Crippen molar-refractivity contribution in [3.8, 4) is 0 Å². The summed E-state index contributed by atoms with van der Waals surface area (Å²) in [7, 11) is 2.19. The smallest absolute Gasteiger partial charge is 0.117 e. The fourth-order valence-electron chi connectivity index (χ4n) is 1.88. The van der Waals surface area contributed by atoms with Crippen molar-refractivity contribution in [1.82, 2.24) is 9.80 Å². The molecule has 1 saturated heterocycles. The number of furan rings is 1. The second-order valence-electron chi connectivity index (χ2n) is 4.01. The van der Waals surface area contributed by atoms with Crippen LogP contribution in [0.5, 0.6) is 0 Å². The molecule has 0 saturated carbocycles. The fourth-order valence-corrected chi connectivity index (χ4v) is 1.88. The SMILES string of the molecule is CN1CCCN(Cc2ccco2)CC1. The summed E-state index contributed by atoms with van der Waals surface area (Å²) < 4.78 is 5.35. The number of hydrogen-bond acceptors (Lipinski definition) is 3. The predicted octanol–water partition coefficient (Wildman–Crippen LogP) is 1.42. The molecule has 0 N–H and O–H groups in total. The number of hydrogen-bond donors (Lipinski definition) is 0. The second kappa shape index (κ2) is 4.62. The van der Waals surface area contributed by atoms with Gasteiger partial charge in [-0.3, -0.25) is 4.90 Å². The molecule has 1 fully saturated rings. The van der Waals surface area contributed by atoms with E-state index >= 15 is 0 Å². The molecule has 0 unspecified atom stereocenters. The van der Waals surface area contributed by atoms with E-state index in [-0.39, 0.29) is 0 Å². The maximum absolute atomic E-state index is 5.35. The van der Waals surface area contributed by atoms with Crippen LogP contribution in [-0.2, 0) is 6.54 Å². The van der Waals surface area contributed by atoms with Crippen LogP contribution in [-0.4, -0.2) is 43.0 Å². The molecule has 14 heavy (non-hydrogen) atoms. The Hall–Kier alpha value is -0.800. The van der Waals surface area contributed by atoms with Crippen LogP contribution in [0.2, 0.25) is 0 Å². The van der Waals surface area contributed by atoms with Crippen LogP contribution >= 0.6 is 0 Å². The highest BCUT2D eigenvalue weighted by molar-refractivity contribution is 4.97. The van der Waals surface area contributed by atoms with Crippen molar-refractivity contribution in [3.05, 3.63) is 24.2 Å². The number of rotatable bonds is 2. The maximum Gasteiger partial charge on any atom is 0.117 e. The van der Waals surface area contributed by atoms with E-state index in [2.05, 4.69) is 22.9 Å². The van der Waals surface area contributed by atoms with Crippen molar-refractivity contribution >= 4 is 0 Å². The molecule has 0 spiro atoms. The molecule has 1 aromatic heterocycles. The van der Waals surface area contributed by atoms with Crippen LogP contribution in [0.1, 0.15) is 12.2 Å². The van der Waals surface area contributed by atoms with Crippen LogP contribution in [0.4, 0.5) is 0 Å². The van der Waals surface area contributed by atoms with Crippen LogP contribution in [0.3, 0.4) is 0 Å². The minimum atomic E-state index is 0.959. The third-order valence-corrected chi connectivity index (χ3v) is 2.77. The van der Waals surface area contributed by atoms with E-state index in [1.807, 2.05) is 6.07 Å². The Morgan fingerprint density at radius 1 is 1.29 bits per heavy atom. The Kier molecular flexibility index (Phi) is 3.22. The van der Waals surface area contributed by atoms with Crippen LogP contribution in [0.25, 0.3) is 0 Å². The highest BCUT2D eigenvalue weighted by Gasteiger charge is 2.12. The Morgan fingerprint density at radius 2 is 2.21 bits per heavy atom. The summed E-state index contributed by atoms with van der Waals surface area (Å²) in [4.78, 5) is 4.85. The summed E-state index contributed by atoms with van der Waals surface area (Å²) in [6.07, 6.45) is 3.01. The van der Waals surface area contributed by atoms with Crippen molar-refractivity contribution in [2.75, 3.05) is 33.2 Å². The zero-order valence-corrected chi connectivity index (χ0v) is 8.78. The summed E-state index contributed by atoms with van der Waals surface area (Å²) in [6.45, 7) is 5.68. The van der Waals surface area contributed by atoms with E-state index in [0.29, 0.717) is 0 Å². The van der Waals surface area contributed by atoms with Gasteiger partial charge in [0.05, 0.1) is 12.8 Å². The van der Waals surface area contributed by atoms with Gasteiger partial charge in [-0.25, -0.2) is 0 Å². The van der Waals surface area contributed by atoms with Crippen molar-refractivity contribution in [3.63, 3.8) is 0 Å². The third-order valence-electron chi connectivity index (χ3n) is 2.77. The highest BCUT2D eigenvalue weighted by atomic mass is 16.3. The fraction of sp³-hybridized carbons (Fsp3) is 0.636. The number of likely N-dealkylation sites (N-methyl/N-ethyl adjacent to an activating group) is 1. The summed E-state index contributed by atoms with van der Waals surface area (Å²) >= 11 is 0. The maximum atomic E-state index is 5.35. The van der Waals surface area contributed by atoms with Crippen LogP contribution in [0, 0.1) is 0 Å². The van der Waals surface area contributed by atoms with Crippen molar-refractivity contribution in [2.24, 2.45) is 0 Å². The summed E-state index contributed by atoms with van der Waals surface area (Å²) in [5.74, 6) is 1.08. The van der Waals surface area contributed by atoms with Gasteiger partial charge in [0, 0.05) is 13.1 Å². The van der Waals surface area contributed by atoms with E-state index in [0.717, 1.165) is 18.8 Å². The largest absolute Gasteiger partial charge is 0.468 e. The molecular weight excluding hydrogens is 176 g/mol. The normalized spacial score (nSPS) is 20.9. The first-order chi connectivity index (χ1) is 6.84. The molecule has 0 aromatic carbocycles. The van der Waals surface area contributed by atoms with Crippen molar-refractivity contribution in [1.29, 1.82) is 0 Å². The molecule has 1 aromatic rings. The van der Waals surface area contributed by atoms with E-state index < -0.39 is 0 Å². The molecule has 0 amide bonds. The van der Waals surface area contributed by atoms with Crippen molar-refractivity contribution < 1.29 is 4.42 Å². The van der Waals surface area contributed by atoms with Gasteiger partial charge >= 0.3 is 0 Å². The minimum Gasteiger partial charge on any atom is -0.468 e. The first-order valence-corrected chi connectivity index (χ1v) is 5.28. The molecule has 1 aliphatic rings. The van der Waals surface area contributed by atoms with E-state index in [4.69, 9.17) is 4.42 Å². The van der Waals surface area contributed by atoms with Crippen LogP contribution < -0.4 is 0 Å². The lowest BCUT2D eigenvalue weighted by molar-refractivity contribution is 0.249. The van der Waals surface area contributed by atoms with Gasteiger partial charge in [-0.2, -0.15) is 0 Å². The lowest BCUT2D eigenvalue weighted by Crippen LogP contribution is -2.28. The number of nitrogens with zero attached hydrogens (tertiary/aromatic N) is 2. The second-order valence-corrected chi connectivity index (χ2v) is 4.01. The quantitative estimate of drug-likeness (QED) is 0.710. The van der Waals surface area contributed by atoms with Gasteiger partial charge in [-0.1, -0.05) is 0 Å². The summed E-state index contributed by atoms with van der Waals surface area (Å²) in [5, 5.41) is 0. The van der Waals surface area contributed by atoms with Gasteiger partial charge in [-0.05, 0) is 38.7 Å². The van der Waals surface area contributed by atoms with Crippen LogP contribution in [0.15, 0.2) is 22.8 Å². The van der Waals surface area contributed by atoms with Gasteiger partial charge in [-0.15, -0.1) is 0 Å². The topological polar surface area (TPSA) is 19.6 Å². The van der Waals surface area contributed by atoms with Gasteiger partial charge < -0.3 is 9.32 Å². The molecule has 2 rings (SSSR count). The molecule has 1 aliphatic heterocycles. The molecular formula is C11H18N2O. The third kappa shape index (κ3) is 2.59. The molecule has 0 aliphatic carbocycles. The zero-order chi connectivity index (χ0) is 9.80. The first kappa shape index (κ1) is 9.74. The lowest BCUT2D eigenvalue weighted by Gasteiger charge is -2.18. The van der Waals surface area contributed by atoms with E-state index in [9.17, 15) is 0 Å². The molecule has 3 heteroatoms. The lowest BCUT2D eigenvalue weighted by atomic mass is 10.3. The molecule has 0 bridgehead atoms. The molecule has 2 heterocycles. The van der Waals surface area contributed by atoms with E-state index in [1.165, 1.54) is 26.1 Å². The molecule has 0 atom stereocenters. The highest BCUT2D eigenvalue weighted by Crippen LogP contribution is 2.08. The molecule has 78 valence electrons. The average Bonchev–Trinajstić information content (AvgIpc) is 2.58. The Labute approximate surface area is 85.3 Å².